The number of rotatable bonds is 1. The van der Waals surface area contributed by atoms with Crippen molar-refractivity contribution < 1.29 is 14.7 Å². The first-order valence-electron chi connectivity index (χ1n) is 2.96. The van der Waals surface area contributed by atoms with Gasteiger partial charge < -0.3 is 0 Å². The fourth-order valence-corrected chi connectivity index (χ4v) is 0.574. The molecule has 0 aliphatic heterocycles. The van der Waals surface area contributed by atoms with Crippen LogP contribution in [0.25, 0.3) is 0 Å². The van der Waals surface area contributed by atoms with Gasteiger partial charge in [0.1, 0.15) is 6.61 Å². The van der Waals surface area contributed by atoms with Crippen molar-refractivity contribution in [2.24, 2.45) is 0 Å². The second-order valence-corrected chi connectivity index (χ2v) is 1.71. The van der Waals surface area contributed by atoms with Gasteiger partial charge in [-0.1, -0.05) is 30.3 Å². The summed E-state index contributed by atoms with van der Waals surface area (Å²) in [6.07, 6.45) is 0.250. The molecule has 3 nitrogen and oxygen atoms in total. The summed E-state index contributed by atoms with van der Waals surface area (Å²) in [6, 6.07) is 9.29. The molecule has 0 heterocycles. The molecule has 11 heavy (non-hydrogen) atoms. The van der Waals surface area contributed by atoms with Crippen molar-refractivity contribution >= 4 is 6.15 Å². The second-order valence-electron chi connectivity index (χ2n) is 1.71. The van der Waals surface area contributed by atoms with Crippen molar-refractivity contribution in [3.8, 4) is 0 Å². The largest absolute Gasteiger partial charge is 0.373 e. The summed E-state index contributed by atoms with van der Waals surface area (Å²) in [5.41, 5.74) is 0.854. The van der Waals surface area contributed by atoms with Crippen LogP contribution in [0.3, 0.4) is 0 Å². The Morgan fingerprint density at radius 2 is 1.55 bits per heavy atom. The Morgan fingerprint density at radius 1 is 1.09 bits per heavy atom. The SMILES string of the molecule is O=C=O.[O]Cc1ccccc1. The van der Waals surface area contributed by atoms with Crippen molar-refractivity contribution in [1.82, 2.24) is 0 Å². The van der Waals surface area contributed by atoms with Gasteiger partial charge >= 0.3 is 6.15 Å². The molecule has 0 N–H and O–H groups in total. The molecular formula is C8H7O3. The first-order chi connectivity index (χ1) is 5.35. The van der Waals surface area contributed by atoms with Crippen molar-refractivity contribution in [3.05, 3.63) is 35.9 Å². The second kappa shape index (κ2) is 6.68. The highest BCUT2D eigenvalue weighted by atomic mass is 16.3. The molecule has 1 rings (SSSR count). The van der Waals surface area contributed by atoms with Crippen LogP contribution in [0.4, 0.5) is 0 Å². The van der Waals surface area contributed by atoms with Gasteiger partial charge in [0, 0.05) is 0 Å². The Labute approximate surface area is 64.3 Å². The molecule has 0 aliphatic carbocycles. The maximum absolute atomic E-state index is 10.1. The third kappa shape index (κ3) is 5.03. The normalized spacial score (nSPS) is 7.36. The minimum Gasteiger partial charge on any atom is -0.232 e. The average Bonchev–Trinajstić information content (AvgIpc) is 2.08. The van der Waals surface area contributed by atoms with Crippen LogP contribution in [0.15, 0.2) is 30.3 Å². The van der Waals surface area contributed by atoms with Crippen molar-refractivity contribution in [2.45, 2.75) is 6.61 Å². The van der Waals surface area contributed by atoms with Gasteiger partial charge in [0.05, 0.1) is 0 Å². The van der Waals surface area contributed by atoms with E-state index in [9.17, 15) is 5.11 Å². The van der Waals surface area contributed by atoms with Crippen molar-refractivity contribution in [2.75, 3.05) is 0 Å². The van der Waals surface area contributed by atoms with Gasteiger partial charge in [-0.2, -0.15) is 9.59 Å². The predicted molar refractivity (Wildman–Crippen MR) is 35.8 cm³/mol. The standard InChI is InChI=1S/C7H7O.CO2/c8-6-7-4-2-1-3-5-7;2-1-3/h1-5H,6H2;. The van der Waals surface area contributed by atoms with Crippen LogP contribution < -0.4 is 0 Å². The lowest BCUT2D eigenvalue weighted by atomic mass is 10.2. The highest BCUT2D eigenvalue weighted by Crippen LogP contribution is 1.95. The van der Waals surface area contributed by atoms with E-state index in [0.717, 1.165) is 5.56 Å². The maximum Gasteiger partial charge on any atom is 0.373 e. The molecule has 0 aliphatic rings. The van der Waals surface area contributed by atoms with Crippen LogP contribution >= 0.6 is 0 Å². The fraction of sp³-hybridized carbons (Fsp3) is 0.125. The molecule has 0 spiro atoms. The van der Waals surface area contributed by atoms with Gasteiger partial charge in [-0.15, -0.1) is 0 Å². The zero-order valence-corrected chi connectivity index (χ0v) is 5.82. The van der Waals surface area contributed by atoms with Crippen LogP contribution in [0.5, 0.6) is 0 Å². The van der Waals surface area contributed by atoms with E-state index in [1.54, 1.807) is 0 Å². The molecule has 1 aromatic carbocycles. The lowest BCUT2D eigenvalue weighted by molar-refractivity contribution is -0.191. The van der Waals surface area contributed by atoms with Crippen LogP contribution in [0, 0.1) is 0 Å². The zero-order chi connectivity index (χ0) is 8.53. The predicted octanol–water partition coefficient (Wildman–Crippen LogP) is 1.03. The number of carbonyl (C=O) groups excluding carboxylic acids is 2. The summed E-state index contributed by atoms with van der Waals surface area (Å²) >= 11 is 0. The Bertz CT molecular complexity index is 212. The van der Waals surface area contributed by atoms with E-state index in [-0.39, 0.29) is 12.8 Å². The molecule has 0 atom stereocenters. The Balaban J connectivity index is 0.000000292. The smallest absolute Gasteiger partial charge is 0.232 e. The lowest BCUT2D eigenvalue weighted by Gasteiger charge is -1.87. The summed E-state index contributed by atoms with van der Waals surface area (Å²) in [4.78, 5) is 16.2. The summed E-state index contributed by atoms with van der Waals surface area (Å²) in [5, 5.41) is 10.1. The number of benzene rings is 1. The monoisotopic (exact) mass is 151 g/mol. The molecule has 1 radical (unpaired) electrons. The average molecular weight is 151 g/mol. The van der Waals surface area contributed by atoms with E-state index in [1.165, 1.54) is 0 Å². The van der Waals surface area contributed by atoms with E-state index in [4.69, 9.17) is 9.59 Å². The van der Waals surface area contributed by atoms with Gasteiger partial charge in [-0.05, 0) is 5.56 Å². The van der Waals surface area contributed by atoms with Crippen molar-refractivity contribution in [3.63, 3.8) is 0 Å². The summed E-state index contributed by atoms with van der Waals surface area (Å²) in [7, 11) is 0. The molecule has 0 amide bonds. The minimum atomic E-state index is -0.110. The van der Waals surface area contributed by atoms with E-state index >= 15 is 0 Å². The number of hydrogen-bond donors (Lipinski definition) is 0. The van der Waals surface area contributed by atoms with Gasteiger partial charge in [0.2, 0.25) is 0 Å². The third-order valence-corrected chi connectivity index (χ3v) is 1.01. The highest BCUT2D eigenvalue weighted by Gasteiger charge is 1.82. The Morgan fingerprint density at radius 3 is 1.82 bits per heavy atom. The van der Waals surface area contributed by atoms with Gasteiger partial charge in [0.25, 0.3) is 0 Å². The molecular weight excluding hydrogens is 144 g/mol. The molecule has 1 aromatic rings. The first-order valence-corrected chi connectivity index (χ1v) is 2.96. The molecule has 0 saturated carbocycles. The van der Waals surface area contributed by atoms with Crippen LogP contribution in [-0.4, -0.2) is 6.15 Å². The summed E-state index contributed by atoms with van der Waals surface area (Å²) in [5.74, 6) is 0. The Hall–Kier alpha value is -1.44. The molecule has 0 aromatic heterocycles. The molecule has 3 heteroatoms. The highest BCUT2D eigenvalue weighted by molar-refractivity contribution is 5.20. The molecule has 0 bridgehead atoms. The number of hydrogen-bond acceptors (Lipinski definition) is 2. The molecule has 0 fully saturated rings. The zero-order valence-electron chi connectivity index (χ0n) is 5.82. The van der Waals surface area contributed by atoms with E-state index in [1.807, 2.05) is 30.3 Å². The Kier molecular flexibility index (Phi) is 5.80. The van der Waals surface area contributed by atoms with E-state index in [0.29, 0.717) is 0 Å². The maximum atomic E-state index is 10.1. The molecule has 0 unspecified atom stereocenters. The van der Waals surface area contributed by atoms with Gasteiger partial charge in [-0.25, -0.2) is 5.11 Å². The fourth-order valence-electron chi connectivity index (χ4n) is 0.574. The van der Waals surface area contributed by atoms with Crippen LogP contribution in [-0.2, 0) is 21.3 Å². The minimum absolute atomic E-state index is 0.110. The van der Waals surface area contributed by atoms with Crippen LogP contribution in [0.1, 0.15) is 5.56 Å². The topological polar surface area (TPSA) is 54.0 Å². The summed E-state index contributed by atoms with van der Waals surface area (Å²) in [6.45, 7) is -0.110. The first kappa shape index (κ1) is 9.56. The molecule has 0 saturated heterocycles. The van der Waals surface area contributed by atoms with E-state index in [2.05, 4.69) is 0 Å². The van der Waals surface area contributed by atoms with Crippen molar-refractivity contribution in [1.29, 1.82) is 0 Å². The molecule has 57 valence electrons. The third-order valence-electron chi connectivity index (χ3n) is 1.01. The van der Waals surface area contributed by atoms with Gasteiger partial charge in [-0.3, -0.25) is 0 Å². The van der Waals surface area contributed by atoms with E-state index < -0.39 is 0 Å². The summed E-state index contributed by atoms with van der Waals surface area (Å²) < 4.78 is 0. The van der Waals surface area contributed by atoms with Crippen LogP contribution in [0.2, 0.25) is 0 Å². The lowest BCUT2D eigenvalue weighted by Crippen LogP contribution is -1.75. The van der Waals surface area contributed by atoms with Gasteiger partial charge in [0.15, 0.2) is 0 Å². The quantitative estimate of drug-likeness (QED) is 0.602.